The van der Waals surface area contributed by atoms with Crippen LogP contribution in [-0.4, -0.2) is 53.0 Å². The fourth-order valence-electron chi connectivity index (χ4n) is 3.83. The molecule has 0 amide bonds. The monoisotopic (exact) mass is 513 g/mol. The molecule has 1 aliphatic rings. The second-order valence-corrected chi connectivity index (χ2v) is 10.7. The Labute approximate surface area is 216 Å². The van der Waals surface area contributed by atoms with Gasteiger partial charge in [-0.25, -0.2) is 4.98 Å². The zero-order valence-electron chi connectivity index (χ0n) is 20.5. The number of thioether (sulfide) groups is 1. The third-order valence-electron chi connectivity index (χ3n) is 5.40. The zero-order valence-corrected chi connectivity index (χ0v) is 22.1. The molecule has 2 heterocycles. The number of likely N-dealkylation sites (N-methyl/N-ethyl adjacent to an activating group) is 1. The summed E-state index contributed by atoms with van der Waals surface area (Å²) in [6.07, 6.45) is 2.80. The maximum atomic E-state index is 6.43. The van der Waals surface area contributed by atoms with Crippen molar-refractivity contribution in [3.63, 3.8) is 0 Å². The van der Waals surface area contributed by atoms with E-state index in [0.29, 0.717) is 34.4 Å². The number of ether oxygens (including phenoxy) is 2. The Bertz CT molecular complexity index is 1150. The van der Waals surface area contributed by atoms with Crippen LogP contribution in [-0.2, 0) is 0 Å². The molecule has 0 spiro atoms. The number of para-hydroxylation sites is 1. The number of halogens is 1. The van der Waals surface area contributed by atoms with Crippen LogP contribution in [0, 0.1) is 0 Å². The van der Waals surface area contributed by atoms with Gasteiger partial charge in [-0.3, -0.25) is 0 Å². The van der Waals surface area contributed by atoms with E-state index in [1.165, 1.54) is 0 Å². The highest BCUT2D eigenvalue weighted by Crippen LogP contribution is 2.35. The number of nitrogens with zero attached hydrogens (tertiary/aromatic N) is 3. The summed E-state index contributed by atoms with van der Waals surface area (Å²) in [5.74, 6) is 2.42. The molecule has 1 aromatic heterocycles. The Kier molecular flexibility index (Phi) is 8.59. The first-order valence-corrected chi connectivity index (χ1v) is 13.1. The number of anilines is 4. The van der Waals surface area contributed by atoms with Crippen LogP contribution in [0.15, 0.2) is 53.6 Å². The first kappa shape index (κ1) is 25.4. The number of likely N-dealkylation sites (tertiary alicyclic amines) is 1. The van der Waals surface area contributed by atoms with Gasteiger partial charge in [0.15, 0.2) is 5.82 Å². The molecule has 1 atom stereocenters. The number of benzene rings is 2. The second kappa shape index (κ2) is 11.8. The number of nitrogens with one attached hydrogen (secondary N) is 2. The molecule has 2 aromatic carbocycles. The predicted octanol–water partition coefficient (Wildman–Crippen LogP) is 6.60. The quantitative estimate of drug-likeness (QED) is 0.294. The van der Waals surface area contributed by atoms with Gasteiger partial charge in [-0.1, -0.05) is 37.6 Å². The zero-order chi connectivity index (χ0) is 24.8. The van der Waals surface area contributed by atoms with Crippen LogP contribution < -0.4 is 20.1 Å². The molecular weight excluding hydrogens is 482 g/mol. The van der Waals surface area contributed by atoms with Crippen LogP contribution in [0.5, 0.6) is 11.5 Å². The van der Waals surface area contributed by atoms with E-state index in [2.05, 4.69) is 52.5 Å². The molecule has 0 aliphatic carbocycles. The van der Waals surface area contributed by atoms with E-state index in [4.69, 9.17) is 21.1 Å². The van der Waals surface area contributed by atoms with Gasteiger partial charge in [-0.2, -0.15) is 4.98 Å². The summed E-state index contributed by atoms with van der Waals surface area (Å²) in [4.78, 5) is 12.4. The van der Waals surface area contributed by atoms with Crippen LogP contribution in [0.4, 0.5) is 23.1 Å². The van der Waals surface area contributed by atoms with Crippen LogP contribution in [0.1, 0.15) is 27.2 Å². The molecule has 7 nitrogen and oxygen atoms in total. The largest absolute Gasteiger partial charge is 0.492 e. The van der Waals surface area contributed by atoms with Crippen LogP contribution in [0.3, 0.4) is 0 Å². The minimum absolute atomic E-state index is 0.193. The third kappa shape index (κ3) is 6.93. The molecule has 0 saturated carbocycles. The molecule has 35 heavy (non-hydrogen) atoms. The molecule has 1 aliphatic heterocycles. The Morgan fingerprint density at radius 1 is 1.17 bits per heavy atom. The van der Waals surface area contributed by atoms with Gasteiger partial charge in [0.1, 0.15) is 22.6 Å². The SMILES string of the molecule is CCOc1cc(OC2CCN(C)C2)ccc1Nc1ncc(Cl)c(Nc2ccccc2SC(C)C)n1. The fraction of sp³-hybridized carbons (Fsp3) is 0.385. The van der Waals surface area contributed by atoms with E-state index in [1.807, 2.05) is 43.3 Å². The van der Waals surface area contributed by atoms with Crippen LogP contribution >= 0.6 is 23.4 Å². The first-order valence-electron chi connectivity index (χ1n) is 11.9. The summed E-state index contributed by atoms with van der Waals surface area (Å²) in [7, 11) is 2.11. The Hall–Kier alpha value is -2.68. The smallest absolute Gasteiger partial charge is 0.229 e. The second-order valence-electron chi connectivity index (χ2n) is 8.68. The maximum Gasteiger partial charge on any atom is 0.229 e. The van der Waals surface area contributed by atoms with Crippen molar-refractivity contribution >= 4 is 46.5 Å². The highest BCUT2D eigenvalue weighted by atomic mass is 35.5. The van der Waals surface area contributed by atoms with Gasteiger partial charge >= 0.3 is 0 Å². The number of hydrogen-bond donors (Lipinski definition) is 2. The third-order valence-corrected chi connectivity index (χ3v) is 6.76. The van der Waals surface area contributed by atoms with E-state index < -0.39 is 0 Å². The molecule has 3 aromatic rings. The van der Waals surface area contributed by atoms with Crippen molar-refractivity contribution in [2.45, 2.75) is 43.4 Å². The first-order chi connectivity index (χ1) is 16.9. The van der Waals surface area contributed by atoms with E-state index in [1.54, 1.807) is 18.0 Å². The van der Waals surface area contributed by atoms with E-state index in [9.17, 15) is 0 Å². The number of hydrogen-bond acceptors (Lipinski definition) is 8. The summed E-state index contributed by atoms with van der Waals surface area (Å²) in [5.41, 5.74) is 1.71. The van der Waals surface area contributed by atoms with Gasteiger partial charge in [0.2, 0.25) is 5.95 Å². The lowest BCUT2D eigenvalue weighted by Crippen LogP contribution is -2.21. The summed E-state index contributed by atoms with van der Waals surface area (Å²) in [5, 5.41) is 7.53. The van der Waals surface area contributed by atoms with E-state index in [0.717, 1.165) is 41.5 Å². The minimum atomic E-state index is 0.193. The van der Waals surface area contributed by atoms with E-state index >= 15 is 0 Å². The molecule has 1 saturated heterocycles. The fourth-order valence-corrected chi connectivity index (χ4v) is 4.88. The van der Waals surface area contributed by atoms with Crippen molar-refractivity contribution in [1.29, 1.82) is 0 Å². The summed E-state index contributed by atoms with van der Waals surface area (Å²) in [6, 6.07) is 13.9. The van der Waals surface area contributed by atoms with Gasteiger partial charge in [0, 0.05) is 29.3 Å². The highest BCUT2D eigenvalue weighted by molar-refractivity contribution is 8.00. The van der Waals surface area contributed by atoms with Crippen molar-refractivity contribution in [3.05, 3.63) is 53.7 Å². The van der Waals surface area contributed by atoms with Crippen molar-refractivity contribution in [3.8, 4) is 11.5 Å². The van der Waals surface area contributed by atoms with Gasteiger partial charge in [-0.05, 0) is 44.7 Å². The number of aromatic nitrogens is 2. The van der Waals surface area contributed by atoms with Gasteiger partial charge < -0.3 is 25.0 Å². The molecule has 186 valence electrons. The predicted molar refractivity (Wildman–Crippen MR) is 145 cm³/mol. The molecule has 0 bridgehead atoms. The van der Waals surface area contributed by atoms with Crippen molar-refractivity contribution in [2.75, 3.05) is 37.4 Å². The van der Waals surface area contributed by atoms with Crippen LogP contribution in [0.25, 0.3) is 0 Å². The lowest BCUT2D eigenvalue weighted by atomic mass is 10.2. The average molecular weight is 514 g/mol. The molecule has 2 N–H and O–H groups in total. The topological polar surface area (TPSA) is 71.5 Å². The average Bonchev–Trinajstić information content (AvgIpc) is 3.23. The standard InChI is InChI=1S/C26H32ClN5O2S/c1-5-33-23-14-18(34-19-12-13-32(4)16-19)10-11-21(23)30-26-28-15-20(27)25(31-26)29-22-8-6-7-9-24(22)35-17(2)3/h6-11,14-15,17,19H,5,12-13,16H2,1-4H3,(H2,28,29,30,31). The Morgan fingerprint density at radius 2 is 2.00 bits per heavy atom. The summed E-state index contributed by atoms with van der Waals surface area (Å²) < 4.78 is 12.1. The summed E-state index contributed by atoms with van der Waals surface area (Å²) >= 11 is 8.21. The van der Waals surface area contributed by atoms with Gasteiger partial charge in [0.05, 0.1) is 24.2 Å². The normalized spacial score (nSPS) is 15.9. The maximum absolute atomic E-state index is 6.43. The lowest BCUT2D eigenvalue weighted by Gasteiger charge is -2.17. The molecular formula is C26H32ClN5O2S. The molecule has 9 heteroatoms. The molecule has 4 rings (SSSR count). The van der Waals surface area contributed by atoms with Crippen LogP contribution in [0.2, 0.25) is 5.02 Å². The molecule has 1 fully saturated rings. The van der Waals surface area contributed by atoms with Crippen molar-refractivity contribution in [1.82, 2.24) is 14.9 Å². The van der Waals surface area contributed by atoms with Crippen molar-refractivity contribution in [2.24, 2.45) is 0 Å². The van der Waals surface area contributed by atoms with Gasteiger partial charge in [-0.15, -0.1) is 11.8 Å². The minimum Gasteiger partial charge on any atom is -0.492 e. The Balaban J connectivity index is 1.53. The Morgan fingerprint density at radius 3 is 2.74 bits per heavy atom. The highest BCUT2D eigenvalue weighted by Gasteiger charge is 2.21. The van der Waals surface area contributed by atoms with Crippen molar-refractivity contribution < 1.29 is 9.47 Å². The molecule has 0 radical (unpaired) electrons. The summed E-state index contributed by atoms with van der Waals surface area (Å²) in [6.45, 7) is 8.80. The van der Waals surface area contributed by atoms with E-state index in [-0.39, 0.29) is 6.10 Å². The number of rotatable bonds is 10. The van der Waals surface area contributed by atoms with Gasteiger partial charge in [0.25, 0.3) is 0 Å². The lowest BCUT2D eigenvalue weighted by molar-refractivity contribution is 0.207. The molecule has 1 unspecified atom stereocenters.